The van der Waals surface area contributed by atoms with E-state index in [1.54, 1.807) is 0 Å². The van der Waals surface area contributed by atoms with Gasteiger partial charge in [0.2, 0.25) is 0 Å². The third-order valence-electron chi connectivity index (χ3n) is 5.34. The second kappa shape index (κ2) is 6.35. The summed E-state index contributed by atoms with van der Waals surface area (Å²) in [4.78, 5) is 24.5. The number of hydrogen-bond donors (Lipinski definition) is 3. The first-order valence-corrected chi connectivity index (χ1v) is 8.82. The van der Waals surface area contributed by atoms with Crippen LogP contribution < -0.4 is 5.32 Å². The smallest absolute Gasteiger partial charge is 0.313 e. The van der Waals surface area contributed by atoms with Gasteiger partial charge in [0, 0.05) is 11.3 Å². The van der Waals surface area contributed by atoms with Crippen LogP contribution >= 0.6 is 0 Å². The zero-order valence-electron chi connectivity index (χ0n) is 13.9. The molecule has 0 aliphatic heterocycles. The molecular weight excluding hydrogens is 318 g/mol. The molecular formula is C19H21N3O3. The molecule has 0 fully saturated rings. The van der Waals surface area contributed by atoms with Gasteiger partial charge in [-0.15, -0.1) is 0 Å². The Balaban J connectivity index is 1.57. The Morgan fingerprint density at radius 2 is 1.96 bits per heavy atom. The molecule has 0 spiro atoms. The van der Waals surface area contributed by atoms with Crippen LogP contribution in [0.2, 0.25) is 0 Å². The van der Waals surface area contributed by atoms with Gasteiger partial charge in [0.05, 0.1) is 6.04 Å². The van der Waals surface area contributed by atoms with Crippen LogP contribution in [0.3, 0.4) is 0 Å². The Morgan fingerprint density at radius 3 is 2.80 bits per heavy atom. The summed E-state index contributed by atoms with van der Waals surface area (Å²) in [5, 5.41) is 19.8. The molecule has 2 unspecified atom stereocenters. The van der Waals surface area contributed by atoms with Crippen molar-refractivity contribution in [3.63, 3.8) is 0 Å². The predicted octanol–water partition coefficient (Wildman–Crippen LogP) is 2.20. The summed E-state index contributed by atoms with van der Waals surface area (Å²) >= 11 is 0. The van der Waals surface area contributed by atoms with Crippen molar-refractivity contribution in [2.45, 2.75) is 50.5 Å². The molecule has 1 aromatic heterocycles. The fourth-order valence-electron chi connectivity index (χ4n) is 4.12. The molecule has 2 aliphatic rings. The highest BCUT2D eigenvalue weighted by Crippen LogP contribution is 2.34. The van der Waals surface area contributed by atoms with E-state index in [0.717, 1.165) is 54.5 Å². The van der Waals surface area contributed by atoms with E-state index in [1.807, 2.05) is 24.3 Å². The fraction of sp³-hybridized carbons (Fsp3) is 0.421. The lowest BCUT2D eigenvalue weighted by atomic mass is 9.98. The summed E-state index contributed by atoms with van der Waals surface area (Å²) in [6, 6.07) is 7.06. The molecule has 2 aliphatic carbocycles. The Kier molecular flexibility index (Phi) is 4.03. The quantitative estimate of drug-likeness (QED) is 0.747. The zero-order valence-corrected chi connectivity index (χ0v) is 13.9. The standard InChI is InChI=1S/C19H21N3O3/c23-18(17-13-8-2-1-3-9-14(13)21-22-17)20-15-10-11-6-4-5-7-12(11)16(15)19(24)25/h4-7,15-16H,1-3,8-10H2,(H,20,23)(H,21,22)(H,24,25). The SMILES string of the molecule is O=C(NC1Cc2ccccc2C1C(=O)O)c1n[nH]c2c1CCCCC2. The fourth-order valence-corrected chi connectivity index (χ4v) is 4.12. The third-order valence-corrected chi connectivity index (χ3v) is 5.34. The number of amides is 1. The van der Waals surface area contributed by atoms with Crippen LogP contribution in [0.4, 0.5) is 0 Å². The van der Waals surface area contributed by atoms with Crippen molar-refractivity contribution in [2.75, 3.05) is 0 Å². The first-order chi connectivity index (χ1) is 12.1. The highest BCUT2D eigenvalue weighted by Gasteiger charge is 2.39. The van der Waals surface area contributed by atoms with E-state index in [1.165, 1.54) is 0 Å². The van der Waals surface area contributed by atoms with Crippen molar-refractivity contribution in [1.82, 2.24) is 15.5 Å². The van der Waals surface area contributed by atoms with Gasteiger partial charge < -0.3 is 10.4 Å². The molecule has 0 radical (unpaired) electrons. The van der Waals surface area contributed by atoms with E-state index in [-0.39, 0.29) is 5.91 Å². The number of nitrogens with one attached hydrogen (secondary N) is 2. The van der Waals surface area contributed by atoms with E-state index in [0.29, 0.717) is 12.1 Å². The molecule has 0 bridgehead atoms. The molecule has 3 N–H and O–H groups in total. The van der Waals surface area contributed by atoms with Crippen LogP contribution in [0.5, 0.6) is 0 Å². The zero-order chi connectivity index (χ0) is 17.4. The van der Waals surface area contributed by atoms with Crippen molar-refractivity contribution in [2.24, 2.45) is 0 Å². The maximum atomic E-state index is 12.8. The van der Waals surface area contributed by atoms with Gasteiger partial charge in [0.1, 0.15) is 5.92 Å². The van der Waals surface area contributed by atoms with Crippen molar-refractivity contribution in [3.05, 3.63) is 52.3 Å². The topological polar surface area (TPSA) is 95.1 Å². The first kappa shape index (κ1) is 15.9. The molecule has 130 valence electrons. The van der Waals surface area contributed by atoms with Crippen LogP contribution in [0.1, 0.15) is 58.1 Å². The van der Waals surface area contributed by atoms with Crippen molar-refractivity contribution >= 4 is 11.9 Å². The minimum absolute atomic E-state index is 0.275. The average Bonchev–Trinajstić information content (AvgIpc) is 3.08. The van der Waals surface area contributed by atoms with Crippen molar-refractivity contribution in [1.29, 1.82) is 0 Å². The van der Waals surface area contributed by atoms with E-state index in [9.17, 15) is 14.7 Å². The monoisotopic (exact) mass is 339 g/mol. The van der Waals surface area contributed by atoms with Crippen LogP contribution in [0.15, 0.2) is 24.3 Å². The molecule has 6 heteroatoms. The molecule has 6 nitrogen and oxygen atoms in total. The maximum absolute atomic E-state index is 12.8. The molecule has 1 aromatic carbocycles. The number of nitrogens with zero attached hydrogens (tertiary/aromatic N) is 1. The predicted molar refractivity (Wildman–Crippen MR) is 91.6 cm³/mol. The van der Waals surface area contributed by atoms with Crippen molar-refractivity contribution in [3.8, 4) is 0 Å². The Morgan fingerprint density at radius 1 is 1.16 bits per heavy atom. The number of fused-ring (bicyclic) bond motifs is 2. The Labute approximate surface area is 145 Å². The summed E-state index contributed by atoms with van der Waals surface area (Å²) in [6.45, 7) is 0. The highest BCUT2D eigenvalue weighted by atomic mass is 16.4. The molecule has 0 saturated heterocycles. The number of H-pyrrole nitrogens is 1. The van der Waals surface area contributed by atoms with Gasteiger partial charge in [0.25, 0.3) is 5.91 Å². The van der Waals surface area contributed by atoms with Gasteiger partial charge in [-0.3, -0.25) is 14.7 Å². The normalized spacial score (nSPS) is 21.9. The van der Waals surface area contributed by atoms with Gasteiger partial charge >= 0.3 is 5.97 Å². The van der Waals surface area contributed by atoms with E-state index in [2.05, 4.69) is 15.5 Å². The average molecular weight is 339 g/mol. The van der Waals surface area contributed by atoms with Gasteiger partial charge in [-0.1, -0.05) is 30.7 Å². The highest BCUT2D eigenvalue weighted by molar-refractivity contribution is 5.95. The number of carbonyl (C=O) groups excluding carboxylic acids is 1. The van der Waals surface area contributed by atoms with Crippen LogP contribution in [-0.4, -0.2) is 33.2 Å². The summed E-state index contributed by atoms with van der Waals surface area (Å²) in [7, 11) is 0. The minimum atomic E-state index is -0.906. The number of carboxylic acids is 1. The maximum Gasteiger partial charge on any atom is 0.313 e. The molecule has 1 amide bonds. The lowest BCUT2D eigenvalue weighted by Crippen LogP contribution is -2.40. The largest absolute Gasteiger partial charge is 0.481 e. The van der Waals surface area contributed by atoms with Crippen LogP contribution in [0, 0.1) is 0 Å². The number of aryl methyl sites for hydroxylation is 1. The minimum Gasteiger partial charge on any atom is -0.481 e. The van der Waals surface area contributed by atoms with Gasteiger partial charge in [-0.2, -0.15) is 5.10 Å². The number of carbonyl (C=O) groups is 2. The Hall–Kier alpha value is -2.63. The number of carboxylic acid groups (broad SMARTS) is 1. The summed E-state index contributed by atoms with van der Waals surface area (Å²) in [5.74, 6) is -1.89. The number of rotatable bonds is 3. The molecule has 1 heterocycles. The lowest BCUT2D eigenvalue weighted by molar-refractivity contribution is -0.139. The number of aliphatic carboxylic acids is 1. The van der Waals surface area contributed by atoms with E-state index >= 15 is 0 Å². The first-order valence-electron chi connectivity index (χ1n) is 8.82. The molecule has 25 heavy (non-hydrogen) atoms. The summed E-state index contributed by atoms with van der Waals surface area (Å²) in [5.41, 5.74) is 4.25. The summed E-state index contributed by atoms with van der Waals surface area (Å²) < 4.78 is 0. The second-order valence-electron chi connectivity index (χ2n) is 6.89. The van der Waals surface area contributed by atoms with E-state index < -0.39 is 17.9 Å². The number of hydrogen-bond acceptors (Lipinski definition) is 3. The van der Waals surface area contributed by atoms with Crippen molar-refractivity contribution < 1.29 is 14.7 Å². The van der Waals surface area contributed by atoms with Gasteiger partial charge in [0.15, 0.2) is 5.69 Å². The van der Waals surface area contributed by atoms with Gasteiger partial charge in [-0.05, 0) is 43.2 Å². The molecule has 2 aromatic rings. The third kappa shape index (κ3) is 2.81. The summed E-state index contributed by atoms with van der Waals surface area (Å²) in [6.07, 6.45) is 5.62. The number of aromatic amines is 1. The number of aromatic nitrogens is 2. The lowest BCUT2D eigenvalue weighted by Gasteiger charge is -2.18. The number of benzene rings is 1. The van der Waals surface area contributed by atoms with Crippen LogP contribution in [-0.2, 0) is 24.1 Å². The van der Waals surface area contributed by atoms with E-state index in [4.69, 9.17) is 0 Å². The second-order valence-corrected chi connectivity index (χ2v) is 6.89. The Bertz CT molecular complexity index is 827. The molecule has 2 atom stereocenters. The molecule has 4 rings (SSSR count). The van der Waals surface area contributed by atoms with Gasteiger partial charge in [-0.25, -0.2) is 0 Å². The molecule has 0 saturated carbocycles. The van der Waals surface area contributed by atoms with Crippen LogP contribution in [0.25, 0.3) is 0 Å².